The SMILES string of the molecule is CC(C)(C)C1CCC(O)(C(=O)CCCO)CC1. The van der Waals surface area contributed by atoms with Crippen molar-refractivity contribution >= 4 is 5.78 Å². The standard InChI is InChI=1S/C14H26O3/c1-13(2,3)11-6-8-14(17,9-7-11)12(16)5-4-10-15/h11,15,17H,4-10H2,1-3H3. The number of Topliss-reactive ketones (excluding diaryl/α,β-unsaturated/α-hetero) is 1. The Morgan fingerprint density at radius 1 is 1.29 bits per heavy atom. The van der Waals surface area contributed by atoms with Gasteiger partial charge in [0.1, 0.15) is 5.60 Å². The third kappa shape index (κ3) is 3.78. The average Bonchev–Trinajstić information content (AvgIpc) is 2.25. The highest BCUT2D eigenvalue weighted by molar-refractivity contribution is 5.87. The van der Waals surface area contributed by atoms with Crippen LogP contribution in [0.3, 0.4) is 0 Å². The molecule has 0 atom stereocenters. The van der Waals surface area contributed by atoms with Crippen molar-refractivity contribution in [3.05, 3.63) is 0 Å². The minimum atomic E-state index is -1.11. The van der Waals surface area contributed by atoms with E-state index in [1.54, 1.807) is 0 Å². The van der Waals surface area contributed by atoms with Crippen LogP contribution in [-0.4, -0.2) is 28.2 Å². The second-order valence-corrected chi connectivity index (χ2v) is 6.42. The minimum Gasteiger partial charge on any atom is -0.396 e. The lowest BCUT2D eigenvalue weighted by molar-refractivity contribution is -0.143. The van der Waals surface area contributed by atoms with E-state index in [2.05, 4.69) is 20.8 Å². The molecular formula is C14H26O3. The molecule has 100 valence electrons. The first-order valence-corrected chi connectivity index (χ1v) is 6.66. The molecule has 3 heteroatoms. The first-order chi connectivity index (χ1) is 7.79. The van der Waals surface area contributed by atoms with E-state index in [-0.39, 0.29) is 17.8 Å². The van der Waals surface area contributed by atoms with Crippen LogP contribution in [0.5, 0.6) is 0 Å². The molecule has 3 nitrogen and oxygen atoms in total. The molecule has 0 aliphatic heterocycles. The van der Waals surface area contributed by atoms with E-state index >= 15 is 0 Å². The molecule has 0 aromatic carbocycles. The number of hydrogen-bond acceptors (Lipinski definition) is 3. The molecule has 1 aliphatic carbocycles. The molecule has 1 fully saturated rings. The Bertz CT molecular complexity index is 257. The third-order valence-corrected chi connectivity index (χ3v) is 4.12. The summed E-state index contributed by atoms with van der Waals surface area (Å²) in [6.45, 7) is 6.67. The summed E-state index contributed by atoms with van der Waals surface area (Å²) in [4.78, 5) is 11.9. The van der Waals surface area contributed by atoms with Gasteiger partial charge < -0.3 is 10.2 Å². The molecular weight excluding hydrogens is 216 g/mol. The van der Waals surface area contributed by atoms with Crippen molar-refractivity contribution in [2.45, 2.75) is 64.9 Å². The summed E-state index contributed by atoms with van der Waals surface area (Å²) < 4.78 is 0. The van der Waals surface area contributed by atoms with E-state index < -0.39 is 5.60 Å². The first kappa shape index (κ1) is 14.7. The van der Waals surface area contributed by atoms with Crippen LogP contribution in [0.15, 0.2) is 0 Å². The Morgan fingerprint density at radius 2 is 1.82 bits per heavy atom. The molecule has 1 saturated carbocycles. The molecule has 0 aromatic heterocycles. The summed E-state index contributed by atoms with van der Waals surface area (Å²) in [5.41, 5.74) is -0.855. The lowest BCUT2D eigenvalue weighted by Crippen LogP contribution is -2.44. The summed E-state index contributed by atoms with van der Waals surface area (Å²) >= 11 is 0. The van der Waals surface area contributed by atoms with Crippen LogP contribution in [0, 0.1) is 11.3 Å². The maximum Gasteiger partial charge on any atom is 0.164 e. The zero-order chi connectivity index (χ0) is 13.1. The monoisotopic (exact) mass is 242 g/mol. The molecule has 0 unspecified atom stereocenters. The van der Waals surface area contributed by atoms with E-state index in [1.807, 2.05) is 0 Å². The average molecular weight is 242 g/mol. The quantitative estimate of drug-likeness (QED) is 0.795. The molecule has 0 bridgehead atoms. The Kier molecular flexibility index (Phi) is 4.73. The number of carbonyl (C=O) groups excluding carboxylic acids is 1. The fourth-order valence-electron chi connectivity index (χ4n) is 2.71. The van der Waals surface area contributed by atoms with Crippen LogP contribution in [-0.2, 0) is 4.79 Å². The van der Waals surface area contributed by atoms with Gasteiger partial charge in [0.15, 0.2) is 5.78 Å². The van der Waals surface area contributed by atoms with E-state index in [4.69, 9.17) is 5.11 Å². The smallest absolute Gasteiger partial charge is 0.164 e. The molecule has 2 N–H and O–H groups in total. The van der Waals surface area contributed by atoms with Crippen molar-refractivity contribution in [2.24, 2.45) is 11.3 Å². The minimum absolute atomic E-state index is 0.0203. The van der Waals surface area contributed by atoms with Crippen LogP contribution in [0.1, 0.15) is 59.3 Å². The van der Waals surface area contributed by atoms with Crippen molar-refractivity contribution in [1.29, 1.82) is 0 Å². The van der Waals surface area contributed by atoms with E-state index in [0.717, 1.165) is 12.8 Å². The molecule has 0 spiro atoms. The van der Waals surface area contributed by atoms with Crippen molar-refractivity contribution in [3.63, 3.8) is 0 Å². The second kappa shape index (κ2) is 5.49. The predicted molar refractivity (Wildman–Crippen MR) is 67.7 cm³/mol. The lowest BCUT2D eigenvalue weighted by Gasteiger charge is -2.40. The maximum absolute atomic E-state index is 11.9. The van der Waals surface area contributed by atoms with Crippen LogP contribution >= 0.6 is 0 Å². The number of ketones is 1. The molecule has 1 aliphatic rings. The van der Waals surface area contributed by atoms with Crippen molar-refractivity contribution in [1.82, 2.24) is 0 Å². The van der Waals surface area contributed by atoms with Gasteiger partial charge in [0.05, 0.1) is 0 Å². The molecule has 0 heterocycles. The fourth-order valence-corrected chi connectivity index (χ4v) is 2.71. The second-order valence-electron chi connectivity index (χ2n) is 6.42. The molecule has 17 heavy (non-hydrogen) atoms. The Hall–Kier alpha value is -0.410. The largest absolute Gasteiger partial charge is 0.396 e. The van der Waals surface area contributed by atoms with Gasteiger partial charge in [-0.25, -0.2) is 0 Å². The molecule has 0 saturated heterocycles. The topological polar surface area (TPSA) is 57.5 Å². The fraction of sp³-hybridized carbons (Fsp3) is 0.929. The summed E-state index contributed by atoms with van der Waals surface area (Å²) in [6.07, 6.45) is 3.77. The van der Waals surface area contributed by atoms with Crippen LogP contribution in [0.25, 0.3) is 0 Å². The van der Waals surface area contributed by atoms with E-state index in [1.165, 1.54) is 0 Å². The van der Waals surface area contributed by atoms with Crippen molar-refractivity contribution in [3.8, 4) is 0 Å². The molecule has 0 aromatic rings. The third-order valence-electron chi connectivity index (χ3n) is 4.12. The zero-order valence-corrected chi connectivity index (χ0v) is 11.3. The predicted octanol–water partition coefficient (Wildman–Crippen LogP) is 2.30. The normalized spacial score (nSPS) is 30.3. The van der Waals surface area contributed by atoms with E-state index in [9.17, 15) is 9.90 Å². The number of aliphatic hydroxyl groups is 2. The highest BCUT2D eigenvalue weighted by Gasteiger charge is 2.41. The summed E-state index contributed by atoms with van der Waals surface area (Å²) in [5.74, 6) is 0.507. The molecule has 1 rings (SSSR count). The van der Waals surface area contributed by atoms with Crippen molar-refractivity contribution in [2.75, 3.05) is 6.61 Å². The summed E-state index contributed by atoms with van der Waals surface area (Å²) in [7, 11) is 0. The van der Waals surface area contributed by atoms with Gasteiger partial charge in [0.2, 0.25) is 0 Å². The number of carbonyl (C=O) groups is 1. The van der Waals surface area contributed by atoms with Gasteiger partial charge in [0.25, 0.3) is 0 Å². The zero-order valence-electron chi connectivity index (χ0n) is 11.3. The highest BCUT2D eigenvalue weighted by atomic mass is 16.3. The highest BCUT2D eigenvalue weighted by Crippen LogP contribution is 2.42. The van der Waals surface area contributed by atoms with Crippen LogP contribution in [0.2, 0.25) is 0 Å². The van der Waals surface area contributed by atoms with Gasteiger partial charge in [-0.15, -0.1) is 0 Å². The molecule has 0 radical (unpaired) electrons. The van der Waals surface area contributed by atoms with Crippen molar-refractivity contribution < 1.29 is 15.0 Å². The van der Waals surface area contributed by atoms with Gasteiger partial charge in [-0.1, -0.05) is 20.8 Å². The Labute approximate surface area is 104 Å². The number of rotatable bonds is 4. The number of aliphatic hydroxyl groups excluding tert-OH is 1. The van der Waals surface area contributed by atoms with E-state index in [0.29, 0.717) is 31.6 Å². The Morgan fingerprint density at radius 3 is 2.24 bits per heavy atom. The van der Waals surface area contributed by atoms with Gasteiger partial charge in [-0.3, -0.25) is 4.79 Å². The number of hydrogen-bond donors (Lipinski definition) is 2. The van der Waals surface area contributed by atoms with Gasteiger partial charge >= 0.3 is 0 Å². The maximum atomic E-state index is 11.9. The van der Waals surface area contributed by atoms with Gasteiger partial charge in [0, 0.05) is 13.0 Å². The summed E-state index contributed by atoms with van der Waals surface area (Å²) in [5, 5.41) is 19.0. The Balaban J connectivity index is 2.52. The first-order valence-electron chi connectivity index (χ1n) is 6.66. The lowest BCUT2D eigenvalue weighted by atomic mass is 9.67. The van der Waals surface area contributed by atoms with Gasteiger partial charge in [-0.2, -0.15) is 0 Å². The van der Waals surface area contributed by atoms with Crippen LogP contribution in [0.4, 0.5) is 0 Å². The summed E-state index contributed by atoms with van der Waals surface area (Å²) in [6, 6.07) is 0. The molecule has 0 amide bonds. The van der Waals surface area contributed by atoms with Crippen LogP contribution < -0.4 is 0 Å². The van der Waals surface area contributed by atoms with Gasteiger partial charge in [-0.05, 0) is 43.4 Å².